The third-order valence-electron chi connectivity index (χ3n) is 6.71. The second-order valence-corrected chi connectivity index (χ2v) is 9.87. The van der Waals surface area contributed by atoms with Crippen molar-refractivity contribution in [2.24, 2.45) is 5.92 Å². The summed E-state index contributed by atoms with van der Waals surface area (Å²) in [5, 5.41) is 9.59. The van der Waals surface area contributed by atoms with Crippen LogP contribution < -0.4 is 4.74 Å². The van der Waals surface area contributed by atoms with Crippen molar-refractivity contribution in [3.63, 3.8) is 0 Å². The number of nitrogens with zero attached hydrogens (tertiary/aromatic N) is 1. The van der Waals surface area contributed by atoms with Crippen molar-refractivity contribution in [1.82, 2.24) is 0 Å². The zero-order valence-corrected chi connectivity index (χ0v) is 22.1. The van der Waals surface area contributed by atoms with Crippen LogP contribution in [0.3, 0.4) is 0 Å². The van der Waals surface area contributed by atoms with Gasteiger partial charge in [-0.2, -0.15) is 5.26 Å². The third kappa shape index (κ3) is 8.09. The molecule has 3 rings (SSSR count). The average molecular weight is 482 g/mol. The SMILES string of the molecule is CCCCCCCc1ccc(-c2ccc(C(=O)Oc3ccc(CC(C)CCC)cc3C#N)cc2)cc1. The van der Waals surface area contributed by atoms with Gasteiger partial charge in [0, 0.05) is 0 Å². The number of hydrogen-bond donors (Lipinski definition) is 0. The van der Waals surface area contributed by atoms with Gasteiger partial charge < -0.3 is 4.74 Å². The minimum Gasteiger partial charge on any atom is -0.422 e. The first kappa shape index (κ1) is 27.2. The normalized spacial score (nSPS) is 11.6. The number of nitriles is 1. The Morgan fingerprint density at radius 3 is 2.11 bits per heavy atom. The van der Waals surface area contributed by atoms with Crippen LogP contribution in [0.1, 0.15) is 92.8 Å². The molecule has 0 bridgehead atoms. The smallest absolute Gasteiger partial charge is 0.343 e. The van der Waals surface area contributed by atoms with E-state index in [0.29, 0.717) is 22.8 Å². The number of esters is 1. The lowest BCUT2D eigenvalue weighted by molar-refractivity contribution is 0.0734. The summed E-state index contributed by atoms with van der Waals surface area (Å²) in [6.45, 7) is 6.64. The minimum atomic E-state index is -0.455. The Balaban J connectivity index is 1.60. The molecule has 0 aromatic heterocycles. The highest BCUT2D eigenvalue weighted by atomic mass is 16.5. The largest absolute Gasteiger partial charge is 0.422 e. The molecule has 3 aromatic rings. The van der Waals surface area contributed by atoms with Gasteiger partial charge >= 0.3 is 5.97 Å². The van der Waals surface area contributed by atoms with Crippen molar-refractivity contribution in [2.75, 3.05) is 0 Å². The van der Waals surface area contributed by atoms with Gasteiger partial charge in [0.2, 0.25) is 0 Å². The van der Waals surface area contributed by atoms with Crippen molar-refractivity contribution >= 4 is 5.97 Å². The lowest BCUT2D eigenvalue weighted by Crippen LogP contribution is -2.09. The fourth-order valence-corrected chi connectivity index (χ4v) is 4.63. The first-order chi connectivity index (χ1) is 17.5. The Morgan fingerprint density at radius 1 is 0.833 bits per heavy atom. The molecule has 0 aliphatic heterocycles. The van der Waals surface area contributed by atoms with Gasteiger partial charge in [0.05, 0.1) is 11.1 Å². The first-order valence-electron chi connectivity index (χ1n) is 13.5. The molecule has 1 unspecified atom stereocenters. The average Bonchev–Trinajstić information content (AvgIpc) is 2.90. The summed E-state index contributed by atoms with van der Waals surface area (Å²) in [6.07, 6.45) is 10.8. The molecule has 36 heavy (non-hydrogen) atoms. The summed E-state index contributed by atoms with van der Waals surface area (Å²) in [4.78, 5) is 12.8. The van der Waals surface area contributed by atoms with Crippen LogP contribution in [0, 0.1) is 17.2 Å². The summed E-state index contributed by atoms with van der Waals surface area (Å²) in [5.41, 5.74) is 5.51. The van der Waals surface area contributed by atoms with E-state index in [1.54, 1.807) is 18.2 Å². The quantitative estimate of drug-likeness (QED) is 0.139. The molecule has 0 spiro atoms. The van der Waals surface area contributed by atoms with Crippen molar-refractivity contribution in [2.45, 2.75) is 78.6 Å². The van der Waals surface area contributed by atoms with E-state index in [2.05, 4.69) is 51.1 Å². The molecule has 0 aliphatic carbocycles. The van der Waals surface area contributed by atoms with Gasteiger partial charge in [-0.1, -0.05) is 102 Å². The van der Waals surface area contributed by atoms with E-state index in [1.807, 2.05) is 24.3 Å². The Morgan fingerprint density at radius 2 is 1.47 bits per heavy atom. The Hall–Kier alpha value is -3.38. The van der Waals surface area contributed by atoms with Gasteiger partial charge in [-0.15, -0.1) is 0 Å². The topological polar surface area (TPSA) is 50.1 Å². The minimum absolute atomic E-state index is 0.309. The molecule has 0 fully saturated rings. The summed E-state index contributed by atoms with van der Waals surface area (Å²) in [7, 11) is 0. The van der Waals surface area contributed by atoms with E-state index in [4.69, 9.17) is 4.74 Å². The van der Waals surface area contributed by atoms with Crippen LogP contribution in [-0.4, -0.2) is 5.97 Å². The van der Waals surface area contributed by atoms with E-state index in [0.717, 1.165) is 42.4 Å². The highest BCUT2D eigenvalue weighted by Gasteiger charge is 2.14. The van der Waals surface area contributed by atoms with E-state index in [1.165, 1.54) is 37.7 Å². The van der Waals surface area contributed by atoms with E-state index in [9.17, 15) is 10.1 Å². The molecular weight excluding hydrogens is 442 g/mol. The number of hydrogen-bond acceptors (Lipinski definition) is 3. The van der Waals surface area contributed by atoms with E-state index < -0.39 is 5.97 Å². The van der Waals surface area contributed by atoms with Gasteiger partial charge in [-0.05, 0) is 71.7 Å². The lowest BCUT2D eigenvalue weighted by atomic mass is 9.96. The fourth-order valence-electron chi connectivity index (χ4n) is 4.63. The van der Waals surface area contributed by atoms with Crippen molar-refractivity contribution in [1.29, 1.82) is 5.26 Å². The van der Waals surface area contributed by atoms with Gasteiger partial charge in [-0.25, -0.2) is 4.79 Å². The van der Waals surface area contributed by atoms with E-state index in [-0.39, 0.29) is 0 Å². The molecule has 3 aromatic carbocycles. The number of benzene rings is 3. The standard InChI is InChI=1S/C33H39NO2/c1-4-6-7-8-9-11-26-12-15-28(16-13-26)29-17-19-30(20-18-29)33(35)36-32-21-14-27(23-31(32)24-34)22-25(3)10-5-2/h12-21,23,25H,4-11,22H2,1-3H3. The number of carbonyl (C=O) groups excluding carboxylic acids is 1. The van der Waals surface area contributed by atoms with E-state index >= 15 is 0 Å². The molecule has 0 saturated carbocycles. The molecule has 1 atom stereocenters. The molecule has 188 valence electrons. The zero-order chi connectivity index (χ0) is 25.8. The molecule has 0 amide bonds. The van der Waals surface area contributed by atoms with Crippen LogP contribution >= 0.6 is 0 Å². The molecule has 0 N–H and O–H groups in total. The molecule has 0 radical (unpaired) electrons. The maximum Gasteiger partial charge on any atom is 0.343 e. The van der Waals surface area contributed by atoms with Crippen LogP contribution in [0.2, 0.25) is 0 Å². The van der Waals surface area contributed by atoms with Gasteiger partial charge in [0.15, 0.2) is 0 Å². The molecule has 0 saturated heterocycles. The third-order valence-corrected chi connectivity index (χ3v) is 6.71. The van der Waals surface area contributed by atoms with Crippen molar-refractivity contribution in [3.8, 4) is 22.9 Å². The van der Waals surface area contributed by atoms with Crippen molar-refractivity contribution < 1.29 is 9.53 Å². The zero-order valence-electron chi connectivity index (χ0n) is 22.1. The summed E-state index contributed by atoms with van der Waals surface area (Å²) in [5.74, 6) is 0.410. The maximum atomic E-state index is 12.8. The summed E-state index contributed by atoms with van der Waals surface area (Å²) >= 11 is 0. The monoisotopic (exact) mass is 481 g/mol. The highest BCUT2D eigenvalue weighted by Crippen LogP contribution is 2.25. The maximum absolute atomic E-state index is 12.8. The van der Waals surface area contributed by atoms with Crippen LogP contribution in [0.25, 0.3) is 11.1 Å². The van der Waals surface area contributed by atoms with Crippen LogP contribution in [-0.2, 0) is 12.8 Å². The Bertz CT molecular complexity index is 1140. The number of unbranched alkanes of at least 4 members (excludes halogenated alkanes) is 4. The number of ether oxygens (including phenoxy) is 1. The predicted octanol–water partition coefficient (Wildman–Crippen LogP) is 8.94. The second-order valence-electron chi connectivity index (χ2n) is 9.87. The highest BCUT2D eigenvalue weighted by molar-refractivity contribution is 5.92. The van der Waals surface area contributed by atoms with Crippen molar-refractivity contribution in [3.05, 3.63) is 89.0 Å². The van der Waals surface area contributed by atoms with Gasteiger partial charge in [0.1, 0.15) is 11.8 Å². The Labute approximate surface area is 217 Å². The molecule has 3 nitrogen and oxygen atoms in total. The van der Waals surface area contributed by atoms with Crippen LogP contribution in [0.5, 0.6) is 5.75 Å². The first-order valence-corrected chi connectivity index (χ1v) is 13.5. The number of carbonyl (C=O) groups is 1. The lowest BCUT2D eigenvalue weighted by Gasteiger charge is -2.12. The molecule has 0 aliphatic rings. The van der Waals surface area contributed by atoms with Gasteiger partial charge in [-0.3, -0.25) is 0 Å². The van der Waals surface area contributed by atoms with Crippen LogP contribution in [0.4, 0.5) is 0 Å². The molecular formula is C33H39NO2. The summed E-state index contributed by atoms with van der Waals surface area (Å²) in [6, 6.07) is 23.9. The molecule has 0 heterocycles. The molecule has 3 heteroatoms. The van der Waals surface area contributed by atoms with Crippen LogP contribution in [0.15, 0.2) is 66.7 Å². The number of aryl methyl sites for hydroxylation is 1. The predicted molar refractivity (Wildman–Crippen MR) is 148 cm³/mol. The number of rotatable bonds is 13. The summed E-state index contributed by atoms with van der Waals surface area (Å²) < 4.78 is 5.59. The second kappa shape index (κ2) is 14.2. The Kier molecular flexibility index (Phi) is 10.8. The van der Waals surface area contributed by atoms with Gasteiger partial charge in [0.25, 0.3) is 0 Å². The fraction of sp³-hybridized carbons (Fsp3) is 0.394.